The van der Waals surface area contributed by atoms with Gasteiger partial charge < -0.3 is 10.1 Å². The lowest BCUT2D eigenvalue weighted by atomic mass is 9.90. The highest BCUT2D eigenvalue weighted by molar-refractivity contribution is 7.99. The van der Waals surface area contributed by atoms with Gasteiger partial charge in [0.15, 0.2) is 0 Å². The van der Waals surface area contributed by atoms with Crippen molar-refractivity contribution in [2.45, 2.75) is 37.7 Å². The number of carbonyl (C=O) groups is 1. The van der Waals surface area contributed by atoms with Crippen molar-refractivity contribution < 1.29 is 9.53 Å². The monoisotopic (exact) mass is 375 g/mol. The third kappa shape index (κ3) is 4.71. The zero-order chi connectivity index (χ0) is 17.9. The van der Waals surface area contributed by atoms with Crippen molar-refractivity contribution in [3.63, 3.8) is 0 Å². The van der Waals surface area contributed by atoms with E-state index in [4.69, 9.17) is 16.3 Å². The molecule has 0 fully saturated rings. The highest BCUT2D eigenvalue weighted by Crippen LogP contribution is 2.39. The molecule has 0 aliphatic carbocycles. The third-order valence-corrected chi connectivity index (χ3v) is 5.51. The van der Waals surface area contributed by atoms with E-state index in [1.165, 1.54) is 0 Å². The van der Waals surface area contributed by atoms with E-state index in [1.54, 1.807) is 11.8 Å². The second kappa shape index (κ2) is 7.71. The van der Waals surface area contributed by atoms with Gasteiger partial charge in [0.1, 0.15) is 11.4 Å². The summed E-state index contributed by atoms with van der Waals surface area (Å²) < 4.78 is 6.01. The van der Waals surface area contributed by atoms with Crippen LogP contribution in [0.5, 0.6) is 5.75 Å². The van der Waals surface area contributed by atoms with Crippen molar-refractivity contribution in [3.05, 3.63) is 64.7 Å². The molecule has 1 amide bonds. The number of hydrogen-bond donors (Lipinski definition) is 1. The molecule has 1 aliphatic heterocycles. The molecule has 5 heteroatoms. The highest BCUT2D eigenvalue weighted by atomic mass is 35.5. The van der Waals surface area contributed by atoms with Crippen LogP contribution in [0.2, 0.25) is 5.02 Å². The number of ether oxygens (including phenoxy) is 1. The minimum atomic E-state index is -0.295. The van der Waals surface area contributed by atoms with E-state index >= 15 is 0 Å². The van der Waals surface area contributed by atoms with Crippen LogP contribution in [0.3, 0.4) is 0 Å². The summed E-state index contributed by atoms with van der Waals surface area (Å²) in [6, 6.07) is 15.6. The molecule has 25 heavy (non-hydrogen) atoms. The number of rotatable bonds is 5. The molecule has 1 aliphatic rings. The van der Waals surface area contributed by atoms with E-state index in [2.05, 4.69) is 5.32 Å². The van der Waals surface area contributed by atoms with E-state index < -0.39 is 0 Å². The lowest BCUT2D eigenvalue weighted by molar-refractivity contribution is -0.119. The average molecular weight is 376 g/mol. The Morgan fingerprint density at radius 2 is 1.96 bits per heavy atom. The van der Waals surface area contributed by atoms with Crippen LogP contribution in [0, 0.1) is 0 Å². The first-order valence-corrected chi connectivity index (χ1v) is 9.86. The van der Waals surface area contributed by atoms with Gasteiger partial charge in [0.05, 0.1) is 11.8 Å². The Kier molecular flexibility index (Phi) is 5.60. The Morgan fingerprint density at radius 3 is 2.76 bits per heavy atom. The molecule has 0 saturated carbocycles. The van der Waals surface area contributed by atoms with Crippen molar-refractivity contribution in [3.8, 4) is 5.75 Å². The number of thioether (sulfide) groups is 1. The van der Waals surface area contributed by atoms with E-state index in [-0.39, 0.29) is 17.6 Å². The van der Waals surface area contributed by atoms with Crippen LogP contribution in [0.4, 0.5) is 0 Å². The molecule has 1 N–H and O–H groups in total. The molecular formula is C20H22ClNO2S. The number of hydrogen-bond acceptors (Lipinski definition) is 3. The Balaban J connectivity index is 1.58. The zero-order valence-corrected chi connectivity index (χ0v) is 16.0. The SMILES string of the molecule is CC1(C)CC(NC(=O)CSCc2ccccc2Cl)c2ccccc2O1. The number of benzene rings is 2. The zero-order valence-electron chi connectivity index (χ0n) is 14.4. The largest absolute Gasteiger partial charge is 0.487 e. The number of fused-ring (bicyclic) bond motifs is 1. The number of para-hydroxylation sites is 1. The molecule has 1 unspecified atom stereocenters. The van der Waals surface area contributed by atoms with Gasteiger partial charge in [-0.2, -0.15) is 0 Å². The summed E-state index contributed by atoms with van der Waals surface area (Å²) in [5, 5.41) is 3.90. The maximum atomic E-state index is 12.4. The van der Waals surface area contributed by atoms with Crippen molar-refractivity contribution in [1.29, 1.82) is 0 Å². The maximum absolute atomic E-state index is 12.4. The second-order valence-corrected chi connectivity index (χ2v) is 8.20. The molecule has 0 radical (unpaired) electrons. The van der Waals surface area contributed by atoms with Crippen LogP contribution < -0.4 is 10.1 Å². The molecule has 2 aromatic rings. The van der Waals surface area contributed by atoms with Gasteiger partial charge in [0.2, 0.25) is 5.91 Å². The van der Waals surface area contributed by atoms with E-state index in [1.807, 2.05) is 62.4 Å². The van der Waals surface area contributed by atoms with Crippen molar-refractivity contribution in [1.82, 2.24) is 5.32 Å². The van der Waals surface area contributed by atoms with Gasteiger partial charge in [0.25, 0.3) is 0 Å². The van der Waals surface area contributed by atoms with E-state index in [0.717, 1.165) is 34.1 Å². The van der Waals surface area contributed by atoms with Gasteiger partial charge in [-0.3, -0.25) is 4.79 Å². The van der Waals surface area contributed by atoms with Gasteiger partial charge in [-0.15, -0.1) is 11.8 Å². The molecule has 0 aromatic heterocycles. The van der Waals surface area contributed by atoms with Crippen molar-refractivity contribution in [2.75, 3.05) is 5.75 Å². The first-order valence-electron chi connectivity index (χ1n) is 8.33. The van der Waals surface area contributed by atoms with Crippen molar-refractivity contribution in [2.24, 2.45) is 0 Å². The first-order chi connectivity index (χ1) is 11.9. The average Bonchev–Trinajstić information content (AvgIpc) is 2.55. The summed E-state index contributed by atoms with van der Waals surface area (Å²) in [6.45, 7) is 4.10. The van der Waals surface area contributed by atoms with Crippen LogP contribution in [-0.2, 0) is 10.5 Å². The summed E-state index contributed by atoms with van der Waals surface area (Å²) in [7, 11) is 0. The lowest BCUT2D eigenvalue weighted by Crippen LogP contribution is -2.41. The predicted molar refractivity (Wildman–Crippen MR) is 104 cm³/mol. The molecule has 0 saturated heterocycles. The third-order valence-electron chi connectivity index (χ3n) is 4.16. The number of amides is 1. The minimum absolute atomic E-state index is 0.0200. The maximum Gasteiger partial charge on any atom is 0.230 e. The fourth-order valence-corrected chi connectivity index (χ4v) is 4.16. The van der Waals surface area contributed by atoms with Gasteiger partial charge in [0, 0.05) is 22.8 Å². The molecule has 0 spiro atoms. The van der Waals surface area contributed by atoms with Crippen molar-refractivity contribution >= 4 is 29.3 Å². The summed E-state index contributed by atoms with van der Waals surface area (Å²) in [6.07, 6.45) is 0.755. The standard InChI is InChI=1S/C20H22ClNO2S/c1-20(2)11-17(15-8-4-6-10-18(15)24-20)22-19(23)13-25-12-14-7-3-5-9-16(14)21/h3-10,17H,11-13H2,1-2H3,(H,22,23). The molecule has 1 atom stereocenters. The molecule has 1 heterocycles. The summed E-state index contributed by atoms with van der Waals surface area (Å²) in [5.41, 5.74) is 1.81. The molecule has 3 rings (SSSR count). The van der Waals surface area contributed by atoms with E-state index in [9.17, 15) is 4.79 Å². The van der Waals surface area contributed by atoms with Crippen LogP contribution in [-0.4, -0.2) is 17.3 Å². The fourth-order valence-electron chi connectivity index (χ4n) is 3.04. The van der Waals surface area contributed by atoms with Gasteiger partial charge in [-0.1, -0.05) is 48.0 Å². The Bertz CT molecular complexity index is 763. The van der Waals surface area contributed by atoms with Gasteiger partial charge >= 0.3 is 0 Å². The fraction of sp³-hybridized carbons (Fsp3) is 0.350. The Labute approximate surface area is 158 Å². The second-order valence-electron chi connectivity index (χ2n) is 6.81. The Hall–Kier alpha value is -1.65. The quantitative estimate of drug-likeness (QED) is 0.799. The first kappa shape index (κ1) is 18.2. The Morgan fingerprint density at radius 1 is 1.24 bits per heavy atom. The van der Waals surface area contributed by atoms with E-state index in [0.29, 0.717) is 5.75 Å². The number of nitrogens with one attached hydrogen (secondary N) is 1. The molecule has 132 valence electrons. The summed E-state index contributed by atoms with van der Waals surface area (Å²) >= 11 is 7.73. The molecule has 0 bridgehead atoms. The number of halogens is 1. The highest BCUT2D eigenvalue weighted by Gasteiger charge is 2.34. The molecular weight excluding hydrogens is 354 g/mol. The molecule has 3 nitrogen and oxygen atoms in total. The van der Waals surface area contributed by atoms with Crippen LogP contribution in [0.25, 0.3) is 0 Å². The minimum Gasteiger partial charge on any atom is -0.487 e. The predicted octanol–water partition coefficient (Wildman–Crippen LogP) is 4.99. The summed E-state index contributed by atoms with van der Waals surface area (Å²) in [4.78, 5) is 12.4. The smallest absolute Gasteiger partial charge is 0.230 e. The van der Waals surface area contributed by atoms with Crippen LogP contribution in [0.1, 0.15) is 37.4 Å². The lowest BCUT2D eigenvalue weighted by Gasteiger charge is -2.37. The topological polar surface area (TPSA) is 38.3 Å². The van der Waals surface area contributed by atoms with Gasteiger partial charge in [-0.05, 0) is 31.5 Å². The van der Waals surface area contributed by atoms with Gasteiger partial charge in [-0.25, -0.2) is 0 Å². The molecule has 2 aromatic carbocycles. The van der Waals surface area contributed by atoms with Crippen LogP contribution >= 0.6 is 23.4 Å². The summed E-state index contributed by atoms with van der Waals surface area (Å²) in [5.74, 6) is 2.02. The van der Waals surface area contributed by atoms with Crippen LogP contribution in [0.15, 0.2) is 48.5 Å². The number of carbonyl (C=O) groups excluding carboxylic acids is 1. The normalized spacial score (nSPS) is 18.1.